The van der Waals surface area contributed by atoms with Crippen LogP contribution in [0, 0.1) is 13.8 Å². The zero-order chi connectivity index (χ0) is 15.7. The topological polar surface area (TPSA) is 30.0 Å². The number of aryl methyl sites for hydroxylation is 2. The number of hydrogen-bond acceptors (Lipinski definition) is 2. The van der Waals surface area contributed by atoms with E-state index in [0.717, 1.165) is 27.7 Å². The Morgan fingerprint density at radius 3 is 2.68 bits per heavy atom. The Bertz CT molecular complexity index is 870. The van der Waals surface area contributed by atoms with Gasteiger partial charge in [0, 0.05) is 23.1 Å². The van der Waals surface area contributed by atoms with Crippen LogP contribution in [0.3, 0.4) is 0 Å². The number of carbonyl (C=O) groups is 1. The van der Waals surface area contributed by atoms with Crippen molar-refractivity contribution in [1.29, 1.82) is 0 Å². The molecule has 0 saturated heterocycles. The lowest BCUT2D eigenvalue weighted by Crippen LogP contribution is -2.05. The summed E-state index contributed by atoms with van der Waals surface area (Å²) in [5, 5.41) is 1.56. The predicted molar refractivity (Wildman–Crippen MR) is 90.7 cm³/mol. The van der Waals surface area contributed by atoms with E-state index in [4.69, 9.17) is 11.6 Å². The third-order valence-electron chi connectivity index (χ3n) is 3.72. The monoisotopic (exact) mass is 309 g/mol. The molecule has 1 aromatic heterocycles. The number of carbonyl (C=O) groups excluding carboxylic acids is 1. The lowest BCUT2D eigenvalue weighted by atomic mass is 9.99. The standard InChI is InChI=1S/C19H16ClNO/c1-12-6-9-16(17(20)10-12)18(22)11-15-5-3-4-14-8-7-13(2)21-19(14)15/h3-10H,11H2,1-2H3. The molecule has 0 saturated carbocycles. The van der Waals surface area contributed by atoms with E-state index in [1.165, 1.54) is 0 Å². The van der Waals surface area contributed by atoms with Crippen LogP contribution in [0.2, 0.25) is 5.02 Å². The molecule has 1 heterocycles. The first-order valence-corrected chi connectivity index (χ1v) is 7.57. The van der Waals surface area contributed by atoms with Crippen molar-refractivity contribution in [3.63, 3.8) is 0 Å². The average molecular weight is 310 g/mol. The number of para-hydroxylation sites is 1. The van der Waals surface area contributed by atoms with E-state index in [9.17, 15) is 4.79 Å². The molecule has 0 atom stereocenters. The van der Waals surface area contributed by atoms with Crippen LogP contribution in [0.25, 0.3) is 10.9 Å². The zero-order valence-electron chi connectivity index (χ0n) is 12.6. The summed E-state index contributed by atoms with van der Waals surface area (Å²) in [7, 11) is 0. The zero-order valence-corrected chi connectivity index (χ0v) is 13.3. The number of nitrogens with zero attached hydrogens (tertiary/aromatic N) is 1. The highest BCUT2D eigenvalue weighted by Crippen LogP contribution is 2.22. The number of aromatic nitrogens is 1. The third kappa shape index (κ3) is 2.88. The molecule has 0 bridgehead atoms. The highest BCUT2D eigenvalue weighted by atomic mass is 35.5. The van der Waals surface area contributed by atoms with E-state index >= 15 is 0 Å². The summed E-state index contributed by atoms with van der Waals surface area (Å²) in [5.74, 6) is 0.0146. The van der Waals surface area contributed by atoms with Gasteiger partial charge < -0.3 is 0 Å². The number of Topliss-reactive ketones (excluding diaryl/α,β-unsaturated/α-hetero) is 1. The summed E-state index contributed by atoms with van der Waals surface area (Å²) in [6.07, 6.45) is 0.302. The van der Waals surface area contributed by atoms with Gasteiger partial charge in [-0.3, -0.25) is 9.78 Å². The Hall–Kier alpha value is -2.19. The van der Waals surface area contributed by atoms with Crippen LogP contribution in [-0.2, 0) is 6.42 Å². The second-order valence-corrected chi connectivity index (χ2v) is 5.93. The minimum Gasteiger partial charge on any atom is -0.294 e. The van der Waals surface area contributed by atoms with E-state index in [-0.39, 0.29) is 5.78 Å². The molecule has 0 aliphatic carbocycles. The predicted octanol–water partition coefficient (Wildman–Crippen LogP) is 4.93. The number of fused-ring (bicyclic) bond motifs is 1. The van der Waals surface area contributed by atoms with E-state index in [2.05, 4.69) is 4.98 Å². The molecule has 0 spiro atoms. The molecular weight excluding hydrogens is 294 g/mol. The Balaban J connectivity index is 1.99. The van der Waals surface area contributed by atoms with Crippen molar-refractivity contribution in [3.8, 4) is 0 Å². The molecule has 0 fully saturated rings. The molecule has 0 amide bonds. The van der Waals surface area contributed by atoms with Gasteiger partial charge in [0.05, 0.1) is 10.5 Å². The maximum Gasteiger partial charge on any atom is 0.168 e. The highest BCUT2D eigenvalue weighted by Gasteiger charge is 2.13. The third-order valence-corrected chi connectivity index (χ3v) is 4.03. The first kappa shape index (κ1) is 14.7. The van der Waals surface area contributed by atoms with Crippen LogP contribution < -0.4 is 0 Å². The molecule has 2 nitrogen and oxygen atoms in total. The molecule has 3 rings (SSSR count). The Kier molecular flexibility index (Phi) is 3.95. The molecule has 110 valence electrons. The summed E-state index contributed by atoms with van der Waals surface area (Å²) in [6.45, 7) is 3.91. The minimum absolute atomic E-state index is 0.0146. The summed E-state index contributed by atoms with van der Waals surface area (Å²) < 4.78 is 0. The first-order valence-electron chi connectivity index (χ1n) is 7.19. The molecular formula is C19H16ClNO. The van der Waals surface area contributed by atoms with Crippen molar-refractivity contribution in [2.75, 3.05) is 0 Å². The maximum atomic E-state index is 12.6. The molecule has 0 unspecified atom stereocenters. The second kappa shape index (κ2) is 5.90. The second-order valence-electron chi connectivity index (χ2n) is 5.52. The van der Waals surface area contributed by atoms with Crippen molar-refractivity contribution in [3.05, 3.63) is 75.9 Å². The summed E-state index contributed by atoms with van der Waals surface area (Å²) in [6, 6.07) is 15.5. The summed E-state index contributed by atoms with van der Waals surface area (Å²) in [5.41, 5.74) is 4.38. The van der Waals surface area contributed by atoms with Gasteiger partial charge in [-0.25, -0.2) is 0 Å². The van der Waals surface area contributed by atoms with Gasteiger partial charge in [-0.15, -0.1) is 0 Å². The molecule has 3 heteroatoms. The van der Waals surface area contributed by atoms with Crippen LogP contribution in [0.15, 0.2) is 48.5 Å². The number of ketones is 1. The van der Waals surface area contributed by atoms with Gasteiger partial charge in [-0.1, -0.05) is 41.9 Å². The number of hydrogen-bond donors (Lipinski definition) is 0. The molecule has 22 heavy (non-hydrogen) atoms. The van der Waals surface area contributed by atoms with Gasteiger partial charge in [0.15, 0.2) is 5.78 Å². The van der Waals surface area contributed by atoms with Crippen molar-refractivity contribution in [2.45, 2.75) is 20.3 Å². The first-order chi connectivity index (χ1) is 10.5. The van der Waals surface area contributed by atoms with Crippen LogP contribution in [0.4, 0.5) is 0 Å². The van der Waals surface area contributed by atoms with Crippen LogP contribution in [0.5, 0.6) is 0 Å². The van der Waals surface area contributed by atoms with Crippen LogP contribution in [-0.4, -0.2) is 10.8 Å². The van der Waals surface area contributed by atoms with Gasteiger partial charge in [0.1, 0.15) is 0 Å². The summed E-state index contributed by atoms with van der Waals surface area (Å²) in [4.78, 5) is 17.1. The quantitative estimate of drug-likeness (QED) is 0.642. The normalized spacial score (nSPS) is 10.9. The van der Waals surface area contributed by atoms with E-state index < -0.39 is 0 Å². The van der Waals surface area contributed by atoms with Crippen molar-refractivity contribution in [1.82, 2.24) is 4.98 Å². The molecule has 0 aliphatic heterocycles. The van der Waals surface area contributed by atoms with Gasteiger partial charge >= 0.3 is 0 Å². The van der Waals surface area contributed by atoms with E-state index in [0.29, 0.717) is 17.0 Å². The Morgan fingerprint density at radius 2 is 1.91 bits per heavy atom. The number of halogens is 1. The molecule has 2 aromatic carbocycles. The lowest BCUT2D eigenvalue weighted by molar-refractivity contribution is 0.0993. The minimum atomic E-state index is 0.0146. The SMILES string of the molecule is Cc1ccc(C(=O)Cc2cccc3ccc(C)nc23)c(Cl)c1. The average Bonchev–Trinajstić information content (AvgIpc) is 2.47. The number of pyridine rings is 1. The smallest absolute Gasteiger partial charge is 0.168 e. The van der Waals surface area contributed by atoms with E-state index in [1.807, 2.05) is 56.3 Å². The fourth-order valence-corrected chi connectivity index (χ4v) is 2.90. The molecule has 3 aromatic rings. The molecule has 0 aliphatic rings. The Labute approximate surface area is 134 Å². The lowest BCUT2D eigenvalue weighted by Gasteiger charge is -2.08. The van der Waals surface area contributed by atoms with Crippen LogP contribution >= 0.6 is 11.6 Å². The maximum absolute atomic E-state index is 12.6. The molecule has 0 N–H and O–H groups in total. The van der Waals surface area contributed by atoms with Gasteiger partial charge in [-0.05, 0) is 43.2 Å². The number of rotatable bonds is 3. The summed E-state index contributed by atoms with van der Waals surface area (Å²) >= 11 is 6.20. The van der Waals surface area contributed by atoms with Gasteiger partial charge in [0.25, 0.3) is 0 Å². The fraction of sp³-hybridized carbons (Fsp3) is 0.158. The Morgan fingerprint density at radius 1 is 1.09 bits per heavy atom. The van der Waals surface area contributed by atoms with Gasteiger partial charge in [0.2, 0.25) is 0 Å². The van der Waals surface area contributed by atoms with Crippen molar-refractivity contribution >= 4 is 28.3 Å². The largest absolute Gasteiger partial charge is 0.294 e. The molecule has 0 radical (unpaired) electrons. The number of benzene rings is 2. The van der Waals surface area contributed by atoms with Gasteiger partial charge in [-0.2, -0.15) is 0 Å². The van der Waals surface area contributed by atoms with Crippen molar-refractivity contribution < 1.29 is 4.79 Å². The van der Waals surface area contributed by atoms with Crippen molar-refractivity contribution in [2.24, 2.45) is 0 Å². The van der Waals surface area contributed by atoms with E-state index in [1.54, 1.807) is 6.07 Å². The highest BCUT2D eigenvalue weighted by molar-refractivity contribution is 6.34. The fourth-order valence-electron chi connectivity index (χ4n) is 2.56. The van der Waals surface area contributed by atoms with Crippen LogP contribution in [0.1, 0.15) is 27.2 Å².